The van der Waals surface area contributed by atoms with Gasteiger partial charge in [-0.3, -0.25) is 0 Å². The van der Waals surface area contributed by atoms with E-state index in [1.165, 1.54) is 98.5 Å². The molecule has 16 rings (SSSR count). The van der Waals surface area contributed by atoms with Crippen LogP contribution in [0.1, 0.15) is 11.5 Å². The van der Waals surface area contributed by atoms with Gasteiger partial charge in [-0.25, -0.2) is 0 Å². The van der Waals surface area contributed by atoms with Crippen LogP contribution in [0.3, 0.4) is 0 Å². The van der Waals surface area contributed by atoms with E-state index >= 15 is 0 Å². The second-order valence-corrected chi connectivity index (χ2v) is 19.2. The number of nitrogens with zero attached hydrogens (tertiary/aromatic N) is 5. The summed E-state index contributed by atoms with van der Waals surface area (Å²) in [7, 11) is 0. The predicted octanol–water partition coefficient (Wildman–Crippen LogP) is 16.8. The number of aromatic nitrogens is 4. The van der Waals surface area contributed by atoms with Crippen molar-refractivity contribution >= 4 is 98.6 Å². The number of anilines is 2. The van der Waals surface area contributed by atoms with Crippen LogP contribution < -0.4 is 4.90 Å². The van der Waals surface area contributed by atoms with E-state index in [2.05, 4.69) is 272 Å². The second-order valence-electron chi connectivity index (χ2n) is 19.2. The predicted molar refractivity (Wildman–Crippen MR) is 297 cm³/mol. The molecule has 0 spiro atoms. The van der Waals surface area contributed by atoms with Crippen molar-refractivity contribution in [3.05, 3.63) is 254 Å². The summed E-state index contributed by atoms with van der Waals surface area (Å²) in [6.07, 6.45) is 9.20. The number of rotatable bonds is 5. The van der Waals surface area contributed by atoms with E-state index in [1.807, 2.05) is 0 Å². The Labute approximate surface area is 408 Å². The Kier molecular flexibility index (Phi) is 7.94. The fraction of sp³-hybridized carbons (Fsp3) is 0.0303. The molecule has 14 aromatic rings. The molecular weight excluding hydrogens is 863 g/mol. The lowest BCUT2D eigenvalue weighted by atomic mass is 9.91. The lowest BCUT2D eigenvalue weighted by Crippen LogP contribution is -2.28. The highest BCUT2D eigenvalue weighted by Gasteiger charge is 2.38. The maximum absolute atomic E-state index is 2.59. The quantitative estimate of drug-likeness (QED) is 0.169. The van der Waals surface area contributed by atoms with E-state index in [0.717, 1.165) is 28.4 Å². The third-order valence-electron chi connectivity index (χ3n) is 15.6. The Balaban J connectivity index is 1.04. The van der Waals surface area contributed by atoms with E-state index in [9.17, 15) is 0 Å². The maximum Gasteiger partial charge on any atom is 0.0641 e. The molecule has 1 aliphatic heterocycles. The molecule has 71 heavy (non-hydrogen) atoms. The monoisotopic (exact) mass is 905 g/mol. The van der Waals surface area contributed by atoms with Crippen LogP contribution in [0.25, 0.3) is 110 Å². The van der Waals surface area contributed by atoms with Crippen LogP contribution in [0.15, 0.2) is 249 Å². The van der Waals surface area contributed by atoms with Crippen LogP contribution in [0, 0.1) is 0 Å². The van der Waals surface area contributed by atoms with Gasteiger partial charge in [-0.1, -0.05) is 164 Å². The van der Waals surface area contributed by atoms with E-state index in [0.29, 0.717) is 0 Å². The van der Waals surface area contributed by atoms with E-state index in [-0.39, 0.29) is 12.0 Å². The first kappa shape index (κ1) is 38.6. The minimum atomic E-state index is 0.124. The lowest BCUT2D eigenvalue weighted by Gasteiger charge is -2.30. The Morgan fingerprint density at radius 2 is 0.704 bits per heavy atom. The molecule has 0 saturated carbocycles. The molecule has 10 aromatic carbocycles. The largest absolute Gasteiger partial charge is 0.333 e. The van der Waals surface area contributed by atoms with Gasteiger partial charge >= 0.3 is 0 Å². The molecule has 5 nitrogen and oxygen atoms in total. The molecule has 2 atom stereocenters. The zero-order valence-corrected chi connectivity index (χ0v) is 38.6. The molecule has 0 saturated heterocycles. The van der Waals surface area contributed by atoms with Gasteiger partial charge in [0.05, 0.1) is 61.6 Å². The summed E-state index contributed by atoms with van der Waals surface area (Å²) in [5.74, 6) is 0.242. The van der Waals surface area contributed by atoms with Crippen LogP contribution >= 0.6 is 0 Å². The molecule has 0 radical (unpaired) electrons. The molecular formula is C66H43N5. The zero-order chi connectivity index (χ0) is 46.3. The van der Waals surface area contributed by atoms with Crippen molar-refractivity contribution in [2.45, 2.75) is 12.0 Å². The molecule has 4 aromatic heterocycles. The van der Waals surface area contributed by atoms with Gasteiger partial charge in [-0.2, -0.15) is 0 Å². The van der Waals surface area contributed by atoms with Crippen molar-refractivity contribution in [2.75, 3.05) is 4.90 Å². The fourth-order valence-electron chi connectivity index (χ4n) is 12.8. The van der Waals surface area contributed by atoms with Crippen molar-refractivity contribution in [3.8, 4) is 22.7 Å². The van der Waals surface area contributed by atoms with Gasteiger partial charge in [0.1, 0.15) is 0 Å². The zero-order valence-electron chi connectivity index (χ0n) is 38.6. The summed E-state index contributed by atoms with van der Waals surface area (Å²) in [5, 5.41) is 9.91. The van der Waals surface area contributed by atoms with Gasteiger partial charge < -0.3 is 23.2 Å². The van der Waals surface area contributed by atoms with Crippen LogP contribution in [0.4, 0.5) is 11.4 Å². The normalized spacial score (nSPS) is 15.5. The number of benzene rings is 10. The Hall–Kier alpha value is -9.32. The number of para-hydroxylation sites is 7. The third-order valence-corrected chi connectivity index (χ3v) is 15.6. The molecule has 1 aliphatic carbocycles. The summed E-state index contributed by atoms with van der Waals surface area (Å²) in [4.78, 5) is 2.59. The van der Waals surface area contributed by atoms with Crippen LogP contribution in [0.2, 0.25) is 0 Å². The molecule has 332 valence electrons. The molecule has 0 N–H and O–H groups in total. The first-order valence-electron chi connectivity index (χ1n) is 24.7. The summed E-state index contributed by atoms with van der Waals surface area (Å²) in [5.41, 5.74) is 17.8. The smallest absolute Gasteiger partial charge is 0.0641 e. The minimum Gasteiger partial charge on any atom is -0.333 e. The first-order valence-corrected chi connectivity index (χ1v) is 24.7. The summed E-state index contributed by atoms with van der Waals surface area (Å²) < 4.78 is 10.0. The average Bonchev–Trinajstić information content (AvgIpc) is 4.23. The topological polar surface area (TPSA) is 23.0 Å². The van der Waals surface area contributed by atoms with Gasteiger partial charge in [-0.05, 0) is 90.5 Å². The SMILES string of the molecule is C1=CC2c3ccccc3N(c3cc(-n4c5ccccc5c5c4ccc4c6ccccc6n(-c6ccccc6)c45)cc(-n4c5ccccc5c5c4ccc4c6ccccc6n(-c6ccccc6)c45)c3)C2C=C1. The minimum absolute atomic E-state index is 0.124. The average molecular weight is 906 g/mol. The maximum atomic E-state index is 2.59. The second kappa shape index (κ2) is 14.6. The van der Waals surface area contributed by atoms with Gasteiger partial charge in [0.15, 0.2) is 0 Å². The number of fused-ring (bicyclic) bond motifs is 17. The fourth-order valence-corrected chi connectivity index (χ4v) is 12.8. The third kappa shape index (κ3) is 5.29. The molecule has 0 bridgehead atoms. The van der Waals surface area contributed by atoms with Crippen molar-refractivity contribution in [2.24, 2.45) is 0 Å². The number of hydrogen-bond donors (Lipinski definition) is 0. The standard InChI is InChI=1S/C66H43N5/c1-3-19-42(20-4-1)70-57-31-15-9-25-49(57)51-35-37-61-63(65(51)70)53-27-11-17-33-59(53)68(61)45-39-44(67-55-29-13-7-23-47(55)48-24-8-14-30-56(48)67)40-46(41-45)69-60-34-18-12-28-54(60)64-62(69)38-36-52-50-26-10-16-32-58(50)71(66(52)64)43-21-5-2-6-22-43/h1-41,47,55H. The van der Waals surface area contributed by atoms with Gasteiger partial charge in [-0.15, -0.1) is 0 Å². The van der Waals surface area contributed by atoms with Crippen molar-refractivity contribution in [3.63, 3.8) is 0 Å². The Morgan fingerprint density at radius 1 is 0.282 bits per heavy atom. The highest BCUT2D eigenvalue weighted by molar-refractivity contribution is 6.27. The van der Waals surface area contributed by atoms with Crippen LogP contribution in [0.5, 0.6) is 0 Å². The number of allylic oxidation sites excluding steroid dienone is 2. The molecule has 5 heteroatoms. The summed E-state index contributed by atoms with van der Waals surface area (Å²) >= 11 is 0. The molecule has 0 amide bonds. The first-order chi connectivity index (χ1) is 35.3. The van der Waals surface area contributed by atoms with Crippen LogP contribution in [-0.4, -0.2) is 24.3 Å². The summed E-state index contributed by atoms with van der Waals surface area (Å²) in [6.45, 7) is 0. The van der Waals surface area contributed by atoms with Crippen molar-refractivity contribution in [1.29, 1.82) is 0 Å². The lowest BCUT2D eigenvalue weighted by molar-refractivity contribution is 0.744. The van der Waals surface area contributed by atoms with Gasteiger partial charge in [0, 0.05) is 71.8 Å². The molecule has 2 aliphatic rings. The number of hydrogen-bond acceptors (Lipinski definition) is 1. The highest BCUT2D eigenvalue weighted by Crippen LogP contribution is 2.50. The van der Waals surface area contributed by atoms with E-state index < -0.39 is 0 Å². The van der Waals surface area contributed by atoms with Gasteiger partial charge in [0.2, 0.25) is 0 Å². The molecule has 0 fully saturated rings. The molecule has 2 unspecified atom stereocenters. The Morgan fingerprint density at radius 3 is 1.24 bits per heavy atom. The van der Waals surface area contributed by atoms with Gasteiger partial charge in [0.25, 0.3) is 0 Å². The van der Waals surface area contributed by atoms with Crippen LogP contribution in [-0.2, 0) is 0 Å². The summed E-state index contributed by atoms with van der Waals surface area (Å²) in [6, 6.07) is 83.3. The Bertz CT molecular complexity index is 4350. The van der Waals surface area contributed by atoms with Crippen molar-refractivity contribution < 1.29 is 0 Å². The molecule has 5 heterocycles. The van der Waals surface area contributed by atoms with E-state index in [1.54, 1.807) is 0 Å². The highest BCUT2D eigenvalue weighted by atomic mass is 15.2. The van der Waals surface area contributed by atoms with E-state index in [4.69, 9.17) is 0 Å². The van der Waals surface area contributed by atoms with Crippen molar-refractivity contribution in [1.82, 2.24) is 18.3 Å².